The number of carbonyl (C=O) groups excluding carboxylic acids is 1. The van der Waals surface area contributed by atoms with E-state index in [9.17, 15) is 4.79 Å². The van der Waals surface area contributed by atoms with Crippen LogP contribution in [0.15, 0.2) is 66.7 Å². The Morgan fingerprint density at radius 3 is 2.36 bits per heavy atom. The van der Waals surface area contributed by atoms with Gasteiger partial charge in [0.1, 0.15) is 23.9 Å². The van der Waals surface area contributed by atoms with Gasteiger partial charge in [-0.15, -0.1) is 0 Å². The lowest BCUT2D eigenvalue weighted by Gasteiger charge is -2.20. The van der Waals surface area contributed by atoms with E-state index in [-0.39, 0.29) is 11.9 Å². The highest BCUT2D eigenvalue weighted by Crippen LogP contribution is 2.26. The molecule has 0 saturated heterocycles. The SMILES string of the molecule is COc1ccc(OC[C@H](C)NC(=O)[C@H](C)Oc2cccc3ccccc23)cc1. The van der Waals surface area contributed by atoms with Crippen molar-refractivity contribution in [1.82, 2.24) is 5.32 Å². The summed E-state index contributed by atoms with van der Waals surface area (Å²) in [4.78, 5) is 12.5. The van der Waals surface area contributed by atoms with Crippen molar-refractivity contribution in [2.75, 3.05) is 13.7 Å². The maximum Gasteiger partial charge on any atom is 0.261 e. The van der Waals surface area contributed by atoms with Crippen LogP contribution in [0.3, 0.4) is 0 Å². The summed E-state index contributed by atoms with van der Waals surface area (Å²) in [6, 6.07) is 20.9. The van der Waals surface area contributed by atoms with Gasteiger partial charge < -0.3 is 19.5 Å². The molecule has 28 heavy (non-hydrogen) atoms. The predicted molar refractivity (Wildman–Crippen MR) is 110 cm³/mol. The molecule has 0 aliphatic carbocycles. The molecular formula is C23H25NO4. The van der Waals surface area contributed by atoms with Gasteiger partial charge in [0.05, 0.1) is 13.2 Å². The summed E-state index contributed by atoms with van der Waals surface area (Å²) < 4.78 is 16.7. The van der Waals surface area contributed by atoms with Crippen molar-refractivity contribution in [3.8, 4) is 17.2 Å². The molecular weight excluding hydrogens is 354 g/mol. The summed E-state index contributed by atoms with van der Waals surface area (Å²) in [6.45, 7) is 4.00. The van der Waals surface area contributed by atoms with Crippen LogP contribution in [0.25, 0.3) is 10.8 Å². The fourth-order valence-electron chi connectivity index (χ4n) is 2.84. The summed E-state index contributed by atoms with van der Waals surface area (Å²) in [6.07, 6.45) is -0.616. The molecule has 5 heteroatoms. The second kappa shape index (κ2) is 9.13. The Morgan fingerprint density at radius 1 is 0.929 bits per heavy atom. The lowest BCUT2D eigenvalue weighted by Crippen LogP contribution is -2.43. The van der Waals surface area contributed by atoms with Gasteiger partial charge >= 0.3 is 0 Å². The molecule has 1 amide bonds. The van der Waals surface area contributed by atoms with E-state index in [1.54, 1.807) is 14.0 Å². The standard InChI is InChI=1S/C23H25NO4/c1-16(15-27-20-13-11-19(26-3)12-14-20)24-23(25)17(2)28-22-10-6-8-18-7-4-5-9-21(18)22/h4-14,16-17H,15H2,1-3H3,(H,24,25)/t16-,17-/m0/s1. The molecule has 0 unspecified atom stereocenters. The number of ether oxygens (including phenoxy) is 3. The van der Waals surface area contributed by atoms with E-state index in [1.807, 2.05) is 73.7 Å². The number of hydrogen-bond donors (Lipinski definition) is 1. The molecule has 0 heterocycles. The zero-order valence-electron chi connectivity index (χ0n) is 16.3. The average molecular weight is 379 g/mol. The fraction of sp³-hybridized carbons (Fsp3) is 0.261. The number of nitrogens with one attached hydrogen (secondary N) is 1. The van der Waals surface area contributed by atoms with Crippen LogP contribution in [0.1, 0.15) is 13.8 Å². The average Bonchev–Trinajstić information content (AvgIpc) is 2.73. The Hall–Kier alpha value is -3.21. The van der Waals surface area contributed by atoms with Crippen molar-refractivity contribution < 1.29 is 19.0 Å². The van der Waals surface area contributed by atoms with Crippen LogP contribution >= 0.6 is 0 Å². The molecule has 3 aromatic carbocycles. The smallest absolute Gasteiger partial charge is 0.261 e. The Bertz CT molecular complexity index is 918. The largest absolute Gasteiger partial charge is 0.497 e. The van der Waals surface area contributed by atoms with Crippen molar-refractivity contribution in [2.24, 2.45) is 0 Å². The molecule has 3 aromatic rings. The minimum absolute atomic E-state index is 0.159. The number of amides is 1. The molecule has 0 spiro atoms. The fourth-order valence-corrected chi connectivity index (χ4v) is 2.84. The zero-order chi connectivity index (χ0) is 19.9. The Balaban J connectivity index is 1.52. The normalized spacial score (nSPS) is 12.8. The van der Waals surface area contributed by atoms with Gasteiger partial charge in [-0.2, -0.15) is 0 Å². The van der Waals surface area contributed by atoms with Gasteiger partial charge in [0.2, 0.25) is 0 Å². The lowest BCUT2D eigenvalue weighted by atomic mass is 10.1. The van der Waals surface area contributed by atoms with Crippen LogP contribution in [-0.2, 0) is 4.79 Å². The van der Waals surface area contributed by atoms with Gasteiger partial charge in [0.25, 0.3) is 5.91 Å². The first-order chi connectivity index (χ1) is 13.6. The van der Waals surface area contributed by atoms with Crippen molar-refractivity contribution in [3.63, 3.8) is 0 Å². The van der Waals surface area contributed by atoms with E-state index in [0.717, 1.165) is 22.3 Å². The van der Waals surface area contributed by atoms with Crippen LogP contribution in [0.2, 0.25) is 0 Å². The summed E-state index contributed by atoms with van der Waals surface area (Å²) in [5, 5.41) is 4.99. The molecule has 5 nitrogen and oxygen atoms in total. The number of methoxy groups -OCH3 is 1. The lowest BCUT2D eigenvalue weighted by molar-refractivity contribution is -0.128. The van der Waals surface area contributed by atoms with Gasteiger partial charge in [-0.1, -0.05) is 36.4 Å². The van der Waals surface area contributed by atoms with E-state index >= 15 is 0 Å². The van der Waals surface area contributed by atoms with Crippen LogP contribution < -0.4 is 19.5 Å². The molecule has 0 aliphatic heterocycles. The molecule has 1 N–H and O–H groups in total. The molecule has 0 bridgehead atoms. The molecule has 3 rings (SSSR count). The Morgan fingerprint density at radius 2 is 1.61 bits per heavy atom. The quantitative estimate of drug-likeness (QED) is 0.637. The van der Waals surface area contributed by atoms with Gasteiger partial charge in [-0.3, -0.25) is 4.79 Å². The molecule has 0 aliphatic rings. The second-order valence-corrected chi connectivity index (χ2v) is 6.63. The van der Waals surface area contributed by atoms with Crippen LogP contribution in [0.5, 0.6) is 17.2 Å². The molecule has 0 saturated carbocycles. The molecule has 0 aromatic heterocycles. The highest BCUT2D eigenvalue weighted by molar-refractivity contribution is 5.89. The van der Waals surface area contributed by atoms with Crippen molar-refractivity contribution >= 4 is 16.7 Å². The number of hydrogen-bond acceptors (Lipinski definition) is 4. The molecule has 2 atom stereocenters. The third kappa shape index (κ3) is 4.94. The van der Waals surface area contributed by atoms with E-state index in [2.05, 4.69) is 5.32 Å². The summed E-state index contributed by atoms with van der Waals surface area (Å²) in [5.74, 6) is 2.01. The Kier molecular flexibility index (Phi) is 6.37. The van der Waals surface area contributed by atoms with E-state index in [4.69, 9.17) is 14.2 Å². The van der Waals surface area contributed by atoms with Crippen LogP contribution in [0, 0.1) is 0 Å². The Labute approximate surface area is 165 Å². The van der Waals surface area contributed by atoms with Gasteiger partial charge in [-0.25, -0.2) is 0 Å². The van der Waals surface area contributed by atoms with Crippen molar-refractivity contribution in [1.29, 1.82) is 0 Å². The van der Waals surface area contributed by atoms with Crippen LogP contribution in [-0.4, -0.2) is 31.8 Å². The van der Waals surface area contributed by atoms with E-state index < -0.39 is 6.10 Å². The maximum absolute atomic E-state index is 12.5. The van der Waals surface area contributed by atoms with Gasteiger partial charge in [-0.05, 0) is 49.6 Å². The molecule has 0 radical (unpaired) electrons. The molecule has 0 fully saturated rings. The molecule has 146 valence electrons. The predicted octanol–water partition coefficient (Wildman–Crippen LogP) is 4.20. The van der Waals surface area contributed by atoms with Crippen molar-refractivity contribution in [2.45, 2.75) is 26.0 Å². The topological polar surface area (TPSA) is 56.8 Å². The third-order valence-electron chi connectivity index (χ3n) is 4.37. The minimum Gasteiger partial charge on any atom is -0.497 e. The highest BCUT2D eigenvalue weighted by atomic mass is 16.5. The van der Waals surface area contributed by atoms with Gasteiger partial charge in [0.15, 0.2) is 6.10 Å². The highest BCUT2D eigenvalue weighted by Gasteiger charge is 2.18. The zero-order valence-corrected chi connectivity index (χ0v) is 16.3. The first-order valence-electron chi connectivity index (χ1n) is 9.28. The second-order valence-electron chi connectivity index (χ2n) is 6.63. The number of fused-ring (bicyclic) bond motifs is 1. The summed E-state index contributed by atoms with van der Waals surface area (Å²) >= 11 is 0. The van der Waals surface area contributed by atoms with E-state index in [0.29, 0.717) is 12.4 Å². The first kappa shape index (κ1) is 19.5. The number of rotatable bonds is 8. The summed E-state index contributed by atoms with van der Waals surface area (Å²) in [7, 11) is 1.62. The number of benzene rings is 3. The van der Waals surface area contributed by atoms with Gasteiger partial charge in [0, 0.05) is 5.39 Å². The monoisotopic (exact) mass is 379 g/mol. The third-order valence-corrected chi connectivity index (χ3v) is 4.37. The van der Waals surface area contributed by atoms with Crippen molar-refractivity contribution in [3.05, 3.63) is 66.7 Å². The van der Waals surface area contributed by atoms with Crippen LogP contribution in [0.4, 0.5) is 0 Å². The first-order valence-corrected chi connectivity index (χ1v) is 9.28. The minimum atomic E-state index is -0.616. The summed E-state index contributed by atoms with van der Waals surface area (Å²) in [5.41, 5.74) is 0. The van der Waals surface area contributed by atoms with E-state index in [1.165, 1.54) is 0 Å². The number of carbonyl (C=O) groups is 1. The maximum atomic E-state index is 12.5.